The molecule has 0 heterocycles. The zero-order chi connectivity index (χ0) is 14.5. The molecular formula is C14H10Cl2FNO2. The molecule has 0 bridgehead atoms. The number of nitrogens with one attached hydrogen (secondary N) is 1. The number of benzene rings is 2. The minimum atomic E-state index is -0.569. The van der Waals surface area contributed by atoms with Crippen molar-refractivity contribution in [1.82, 2.24) is 0 Å². The van der Waals surface area contributed by atoms with Crippen LogP contribution in [0.5, 0.6) is 5.75 Å². The third-order valence-electron chi connectivity index (χ3n) is 2.40. The number of para-hydroxylation sites is 1. The van der Waals surface area contributed by atoms with Crippen LogP contribution >= 0.6 is 23.2 Å². The van der Waals surface area contributed by atoms with Crippen molar-refractivity contribution >= 4 is 34.8 Å². The van der Waals surface area contributed by atoms with Gasteiger partial charge in [0.05, 0.1) is 10.7 Å². The first-order valence-electron chi connectivity index (χ1n) is 5.68. The number of hydrogen-bond acceptors (Lipinski definition) is 2. The van der Waals surface area contributed by atoms with E-state index >= 15 is 0 Å². The van der Waals surface area contributed by atoms with Crippen LogP contribution < -0.4 is 10.1 Å². The van der Waals surface area contributed by atoms with Crippen molar-refractivity contribution in [3.63, 3.8) is 0 Å². The van der Waals surface area contributed by atoms with Gasteiger partial charge in [-0.2, -0.15) is 0 Å². The van der Waals surface area contributed by atoms with Gasteiger partial charge in [-0.15, -0.1) is 0 Å². The van der Waals surface area contributed by atoms with Crippen molar-refractivity contribution in [1.29, 1.82) is 0 Å². The number of hydrogen-bond donors (Lipinski definition) is 1. The van der Waals surface area contributed by atoms with Gasteiger partial charge in [0.1, 0.15) is 11.6 Å². The number of carbonyl (C=O) groups is 1. The highest BCUT2D eigenvalue weighted by molar-refractivity contribution is 6.32. The van der Waals surface area contributed by atoms with Crippen LogP contribution in [0.2, 0.25) is 10.0 Å². The first-order chi connectivity index (χ1) is 9.56. The number of rotatable bonds is 4. The molecule has 3 nitrogen and oxygen atoms in total. The summed E-state index contributed by atoms with van der Waals surface area (Å²) >= 11 is 11.6. The summed E-state index contributed by atoms with van der Waals surface area (Å²) in [7, 11) is 0. The molecule has 0 fully saturated rings. The fraction of sp³-hybridized carbons (Fsp3) is 0.0714. The Labute approximate surface area is 125 Å². The molecule has 0 aliphatic rings. The molecule has 104 valence electrons. The lowest BCUT2D eigenvalue weighted by atomic mass is 10.3. The van der Waals surface area contributed by atoms with Crippen LogP contribution in [0.15, 0.2) is 42.5 Å². The second-order valence-corrected chi connectivity index (χ2v) is 4.74. The maximum atomic E-state index is 13.4. The van der Waals surface area contributed by atoms with Crippen molar-refractivity contribution in [2.75, 3.05) is 11.9 Å². The number of halogens is 3. The fourth-order valence-electron chi connectivity index (χ4n) is 1.48. The third-order valence-corrected chi connectivity index (χ3v) is 2.95. The molecule has 1 amide bonds. The van der Waals surface area contributed by atoms with E-state index in [4.69, 9.17) is 27.9 Å². The Balaban J connectivity index is 1.96. The number of amides is 1. The van der Waals surface area contributed by atoms with Gasteiger partial charge < -0.3 is 10.1 Å². The normalized spacial score (nSPS) is 10.2. The molecule has 0 aromatic heterocycles. The number of ether oxygens (including phenoxy) is 1. The summed E-state index contributed by atoms with van der Waals surface area (Å²) in [4.78, 5) is 11.7. The van der Waals surface area contributed by atoms with Gasteiger partial charge in [-0.05, 0) is 30.3 Å². The predicted molar refractivity (Wildman–Crippen MR) is 77.0 cm³/mol. The maximum absolute atomic E-state index is 13.4. The summed E-state index contributed by atoms with van der Waals surface area (Å²) in [6.07, 6.45) is 0. The van der Waals surface area contributed by atoms with Crippen LogP contribution in [0.3, 0.4) is 0 Å². The number of anilines is 1. The summed E-state index contributed by atoms with van der Waals surface area (Å²) in [6.45, 7) is -0.282. The molecule has 0 aliphatic carbocycles. The Kier molecular flexibility index (Phi) is 4.82. The van der Waals surface area contributed by atoms with Crippen LogP contribution in [0.25, 0.3) is 0 Å². The molecule has 20 heavy (non-hydrogen) atoms. The summed E-state index contributed by atoms with van der Waals surface area (Å²) in [5, 5.41) is 3.10. The second-order valence-electron chi connectivity index (χ2n) is 3.89. The minimum absolute atomic E-state index is 0.00487. The van der Waals surface area contributed by atoms with Crippen molar-refractivity contribution in [2.24, 2.45) is 0 Å². The zero-order valence-corrected chi connectivity index (χ0v) is 11.7. The zero-order valence-electron chi connectivity index (χ0n) is 10.2. The van der Waals surface area contributed by atoms with E-state index in [1.54, 1.807) is 24.3 Å². The molecule has 2 rings (SSSR count). The topological polar surface area (TPSA) is 38.3 Å². The molecule has 2 aromatic carbocycles. The van der Waals surface area contributed by atoms with E-state index in [2.05, 4.69) is 5.32 Å². The monoisotopic (exact) mass is 313 g/mol. The van der Waals surface area contributed by atoms with Crippen molar-refractivity contribution in [3.05, 3.63) is 58.3 Å². The third kappa shape index (κ3) is 3.85. The summed E-state index contributed by atoms with van der Waals surface area (Å²) in [5.41, 5.74) is 0.00487. The minimum Gasteiger partial charge on any atom is -0.482 e. The van der Waals surface area contributed by atoms with Crippen LogP contribution in [-0.2, 0) is 4.79 Å². The van der Waals surface area contributed by atoms with Gasteiger partial charge in [-0.3, -0.25) is 4.79 Å². The van der Waals surface area contributed by atoms with E-state index in [1.807, 2.05) is 0 Å². The SMILES string of the molecule is O=C(COc1ccccc1Cl)Nc1cc(Cl)ccc1F. The van der Waals surface area contributed by atoms with Crippen LogP contribution in [-0.4, -0.2) is 12.5 Å². The lowest BCUT2D eigenvalue weighted by Gasteiger charge is -2.09. The van der Waals surface area contributed by atoms with Crippen LogP contribution in [0, 0.1) is 5.82 Å². The lowest BCUT2D eigenvalue weighted by Crippen LogP contribution is -2.20. The molecular weight excluding hydrogens is 304 g/mol. The molecule has 0 aliphatic heterocycles. The highest BCUT2D eigenvalue weighted by atomic mass is 35.5. The largest absolute Gasteiger partial charge is 0.482 e. The standard InChI is InChI=1S/C14H10Cl2FNO2/c15-9-5-6-11(17)12(7-9)18-14(19)8-20-13-4-2-1-3-10(13)16/h1-7H,8H2,(H,18,19). The van der Waals surface area contributed by atoms with E-state index in [1.165, 1.54) is 18.2 Å². The first-order valence-corrected chi connectivity index (χ1v) is 6.44. The van der Waals surface area contributed by atoms with Gasteiger partial charge in [-0.1, -0.05) is 35.3 Å². The fourth-order valence-corrected chi connectivity index (χ4v) is 1.85. The Morgan fingerprint density at radius 2 is 1.95 bits per heavy atom. The molecule has 0 radical (unpaired) electrons. The van der Waals surface area contributed by atoms with E-state index in [0.29, 0.717) is 15.8 Å². The van der Waals surface area contributed by atoms with E-state index < -0.39 is 11.7 Å². The van der Waals surface area contributed by atoms with Crippen LogP contribution in [0.4, 0.5) is 10.1 Å². The Bertz CT molecular complexity index is 634. The number of carbonyl (C=O) groups excluding carboxylic acids is 1. The molecule has 0 spiro atoms. The van der Waals surface area contributed by atoms with Gasteiger partial charge in [0.15, 0.2) is 6.61 Å². The van der Waals surface area contributed by atoms with Crippen LogP contribution in [0.1, 0.15) is 0 Å². The quantitative estimate of drug-likeness (QED) is 0.920. The second kappa shape index (κ2) is 6.59. The van der Waals surface area contributed by atoms with E-state index in [-0.39, 0.29) is 12.3 Å². The summed E-state index contributed by atoms with van der Waals surface area (Å²) < 4.78 is 18.7. The van der Waals surface area contributed by atoms with E-state index in [9.17, 15) is 9.18 Å². The molecule has 0 atom stereocenters. The molecule has 0 saturated carbocycles. The Morgan fingerprint density at radius 1 is 1.20 bits per heavy atom. The van der Waals surface area contributed by atoms with E-state index in [0.717, 1.165) is 0 Å². The Hall–Kier alpha value is -1.78. The van der Waals surface area contributed by atoms with Crippen molar-refractivity contribution < 1.29 is 13.9 Å². The maximum Gasteiger partial charge on any atom is 0.262 e. The summed E-state index contributed by atoms with van der Waals surface area (Å²) in [5.74, 6) is -0.692. The molecule has 6 heteroatoms. The molecule has 2 aromatic rings. The molecule has 0 saturated heterocycles. The van der Waals surface area contributed by atoms with Gasteiger partial charge in [-0.25, -0.2) is 4.39 Å². The van der Waals surface area contributed by atoms with Gasteiger partial charge in [0.25, 0.3) is 5.91 Å². The first kappa shape index (κ1) is 14.6. The van der Waals surface area contributed by atoms with Crippen molar-refractivity contribution in [2.45, 2.75) is 0 Å². The van der Waals surface area contributed by atoms with Gasteiger partial charge >= 0.3 is 0 Å². The predicted octanol–water partition coefficient (Wildman–Crippen LogP) is 4.15. The van der Waals surface area contributed by atoms with Gasteiger partial charge in [0, 0.05) is 5.02 Å². The Morgan fingerprint density at radius 3 is 2.70 bits per heavy atom. The average Bonchev–Trinajstić information content (AvgIpc) is 2.42. The molecule has 1 N–H and O–H groups in total. The summed E-state index contributed by atoms with van der Waals surface area (Å²) in [6, 6.07) is 10.7. The van der Waals surface area contributed by atoms with Crippen molar-refractivity contribution in [3.8, 4) is 5.75 Å². The highest BCUT2D eigenvalue weighted by Crippen LogP contribution is 2.23. The average molecular weight is 314 g/mol. The smallest absolute Gasteiger partial charge is 0.262 e. The molecule has 0 unspecified atom stereocenters. The van der Waals surface area contributed by atoms with Gasteiger partial charge in [0.2, 0.25) is 0 Å². The highest BCUT2D eigenvalue weighted by Gasteiger charge is 2.09. The lowest BCUT2D eigenvalue weighted by molar-refractivity contribution is -0.118.